The van der Waals surface area contributed by atoms with E-state index in [9.17, 15) is 3.74 Å². The molecule has 14 N–H and O–H groups in total. The van der Waals surface area contributed by atoms with Gasteiger partial charge in [0.2, 0.25) is 0 Å². The van der Waals surface area contributed by atoms with Gasteiger partial charge in [0.1, 0.15) is 0 Å². The molecule has 0 heterocycles. The molecule has 11 heteroatoms. The third-order valence-electron chi connectivity index (χ3n) is 0.238. The molecule has 0 atom stereocenters. The molecule has 0 bridgehead atoms. The van der Waals surface area contributed by atoms with Crippen molar-refractivity contribution >= 4 is 14.5 Å². The summed E-state index contributed by atoms with van der Waals surface area (Å²) in [5.41, 5.74) is 0. The average Bonchev–Trinajstić information content (AvgIpc) is 1.35. The number of rotatable bonds is 1. The normalized spacial score (nSPS) is 5.92. The SMILES string of the molecule is CO[As](=O)(O)O.O.O.O.O.O.O. The minimum absolute atomic E-state index is 0. The molecule has 0 aliphatic rings. The Morgan fingerprint density at radius 2 is 1.00 bits per heavy atom. The zero-order valence-corrected chi connectivity index (χ0v) is 8.03. The van der Waals surface area contributed by atoms with Crippen LogP contribution in [-0.4, -0.2) is 62.7 Å². The monoisotopic (exact) mass is 264 g/mol. The average molecular weight is 264 g/mol. The summed E-state index contributed by atoms with van der Waals surface area (Å²) >= 11 is -4.66. The standard InChI is InChI=1S/CH5AsO4.6H2O/c1-6-2(3,4)5;;;;;;/h1H3,(H2,3,4,5);6*1H2. The molecule has 0 radical (unpaired) electrons. The summed E-state index contributed by atoms with van der Waals surface area (Å²) < 4.78 is 28.8. The summed E-state index contributed by atoms with van der Waals surface area (Å²) in [6, 6.07) is 0. The molecule has 10 nitrogen and oxygen atoms in total. The summed E-state index contributed by atoms with van der Waals surface area (Å²) in [6.45, 7) is 0. The third-order valence-corrected chi connectivity index (χ3v) is 1.24. The predicted molar refractivity (Wildman–Crippen MR) is 39.6 cm³/mol. The Morgan fingerprint density at radius 3 is 1.00 bits per heavy atom. The van der Waals surface area contributed by atoms with Crippen LogP contribution in [0.5, 0.6) is 0 Å². The van der Waals surface area contributed by atoms with Crippen LogP contribution in [0.15, 0.2) is 0 Å². The van der Waals surface area contributed by atoms with Crippen molar-refractivity contribution in [3.63, 3.8) is 0 Å². The Bertz CT molecular complexity index is 73.9. The first kappa shape index (κ1) is 58.1. The van der Waals surface area contributed by atoms with Gasteiger partial charge in [-0.15, -0.1) is 0 Å². The van der Waals surface area contributed by atoms with Crippen LogP contribution in [0.2, 0.25) is 0 Å². The van der Waals surface area contributed by atoms with Gasteiger partial charge in [0, 0.05) is 0 Å². The second-order valence-electron chi connectivity index (χ2n) is 0.673. The second kappa shape index (κ2) is 22.4. The van der Waals surface area contributed by atoms with Crippen molar-refractivity contribution < 1.29 is 48.5 Å². The molecule has 0 aromatic rings. The summed E-state index contributed by atoms with van der Waals surface area (Å²) in [5.74, 6) is 0. The maximum atomic E-state index is 9.53. The van der Waals surface area contributed by atoms with Gasteiger partial charge in [0.15, 0.2) is 0 Å². The van der Waals surface area contributed by atoms with E-state index in [-0.39, 0.29) is 32.9 Å². The van der Waals surface area contributed by atoms with E-state index < -0.39 is 14.5 Å². The van der Waals surface area contributed by atoms with Crippen LogP contribution in [0.3, 0.4) is 0 Å². The molecule has 0 rings (SSSR count). The van der Waals surface area contributed by atoms with Crippen LogP contribution in [0.4, 0.5) is 0 Å². The van der Waals surface area contributed by atoms with E-state index in [1.165, 1.54) is 0 Å². The van der Waals surface area contributed by atoms with Crippen LogP contribution in [0.25, 0.3) is 0 Å². The fourth-order valence-corrected chi connectivity index (χ4v) is 0. The molecular formula is CH17AsO10. The van der Waals surface area contributed by atoms with Gasteiger partial charge in [-0.3, -0.25) is 0 Å². The Labute approximate surface area is 71.0 Å². The maximum absolute atomic E-state index is 9.53. The molecule has 0 aromatic carbocycles. The Morgan fingerprint density at radius 1 is 0.917 bits per heavy atom. The molecule has 86 valence electrons. The van der Waals surface area contributed by atoms with Gasteiger partial charge >= 0.3 is 37.3 Å². The van der Waals surface area contributed by atoms with E-state index in [4.69, 9.17) is 8.19 Å². The molecule has 12 heavy (non-hydrogen) atoms. The van der Waals surface area contributed by atoms with E-state index >= 15 is 0 Å². The molecule has 0 saturated heterocycles. The van der Waals surface area contributed by atoms with Crippen molar-refractivity contribution in [2.75, 3.05) is 7.11 Å². The molecule has 0 spiro atoms. The Balaban J connectivity index is -0.00000000833. The van der Waals surface area contributed by atoms with Crippen molar-refractivity contribution in [1.82, 2.24) is 0 Å². The van der Waals surface area contributed by atoms with Gasteiger partial charge in [-0.2, -0.15) is 0 Å². The topological polar surface area (TPSA) is 256 Å². The summed E-state index contributed by atoms with van der Waals surface area (Å²) in [6.07, 6.45) is 0. The number of hydrogen-bond acceptors (Lipinski definition) is 2. The Hall–Kier alpha value is -0.00156. The van der Waals surface area contributed by atoms with Crippen molar-refractivity contribution in [2.24, 2.45) is 0 Å². The fraction of sp³-hybridized carbons (Fsp3) is 1.00. The predicted octanol–water partition coefficient (Wildman–Crippen LogP) is -6.46. The maximum Gasteiger partial charge on any atom is -0.412 e. The first-order chi connectivity index (χ1) is 2.56. The smallest absolute Gasteiger partial charge is 0.412 e. The molecular weight excluding hydrogens is 247 g/mol. The third kappa shape index (κ3) is 90.0. The first-order valence-corrected chi connectivity index (χ1v) is 4.38. The minimum Gasteiger partial charge on any atom is -0.412 e. The Kier molecular flexibility index (Phi) is 109. The van der Waals surface area contributed by atoms with Crippen LogP contribution in [0, 0.1) is 0 Å². The van der Waals surface area contributed by atoms with Crippen LogP contribution < -0.4 is 0 Å². The molecule has 0 aliphatic heterocycles. The van der Waals surface area contributed by atoms with Gasteiger partial charge in [0.05, 0.1) is 0 Å². The molecule has 0 saturated carbocycles. The molecule has 0 amide bonds. The molecule has 0 fully saturated rings. The van der Waals surface area contributed by atoms with Crippen molar-refractivity contribution in [3.05, 3.63) is 0 Å². The van der Waals surface area contributed by atoms with Gasteiger partial charge in [-0.1, -0.05) is 0 Å². The quantitative estimate of drug-likeness (QED) is 0.437. The summed E-state index contributed by atoms with van der Waals surface area (Å²) in [4.78, 5) is 0. The fourth-order valence-electron chi connectivity index (χ4n) is 0. The van der Waals surface area contributed by atoms with Gasteiger partial charge in [-0.25, -0.2) is 0 Å². The van der Waals surface area contributed by atoms with Gasteiger partial charge in [-0.05, 0) is 0 Å². The van der Waals surface area contributed by atoms with Gasteiger partial charge < -0.3 is 32.9 Å². The first-order valence-electron chi connectivity index (χ1n) is 1.17. The van der Waals surface area contributed by atoms with E-state index in [2.05, 4.69) is 3.73 Å². The van der Waals surface area contributed by atoms with E-state index in [1.54, 1.807) is 0 Å². The minimum atomic E-state index is -4.66. The molecule has 0 unspecified atom stereocenters. The summed E-state index contributed by atoms with van der Waals surface area (Å²) in [5, 5.41) is 0. The van der Waals surface area contributed by atoms with E-state index in [0.29, 0.717) is 0 Å². The van der Waals surface area contributed by atoms with Crippen LogP contribution >= 0.6 is 0 Å². The van der Waals surface area contributed by atoms with Crippen LogP contribution in [-0.2, 0) is 7.47 Å². The molecule has 0 aliphatic carbocycles. The summed E-state index contributed by atoms with van der Waals surface area (Å²) in [7, 11) is 0.972. The second-order valence-corrected chi connectivity index (χ2v) is 3.50. The van der Waals surface area contributed by atoms with E-state index in [0.717, 1.165) is 7.11 Å². The van der Waals surface area contributed by atoms with Crippen LogP contribution in [0.1, 0.15) is 0 Å². The zero-order valence-electron chi connectivity index (χ0n) is 6.16. The largest absolute Gasteiger partial charge is 0.412 e. The van der Waals surface area contributed by atoms with E-state index in [1.807, 2.05) is 0 Å². The number of hydrogen-bond donors (Lipinski definition) is 2. The zero-order chi connectivity index (χ0) is 5.21. The van der Waals surface area contributed by atoms with Crippen molar-refractivity contribution in [3.8, 4) is 0 Å². The molecule has 0 aromatic heterocycles. The van der Waals surface area contributed by atoms with Crippen molar-refractivity contribution in [2.45, 2.75) is 0 Å². The van der Waals surface area contributed by atoms with Gasteiger partial charge in [0.25, 0.3) is 0 Å². The van der Waals surface area contributed by atoms with Crippen molar-refractivity contribution in [1.29, 1.82) is 0 Å².